The van der Waals surface area contributed by atoms with Crippen molar-refractivity contribution < 1.29 is 18.7 Å². The van der Waals surface area contributed by atoms with E-state index in [1.165, 1.54) is 0 Å². The van der Waals surface area contributed by atoms with Gasteiger partial charge in [-0.15, -0.1) is 0 Å². The molecule has 0 saturated carbocycles. The van der Waals surface area contributed by atoms with Crippen LogP contribution in [0.5, 0.6) is 0 Å². The van der Waals surface area contributed by atoms with Crippen molar-refractivity contribution in [2.75, 3.05) is 46.4 Å². The minimum absolute atomic E-state index is 0.0126. The van der Waals surface area contributed by atoms with Gasteiger partial charge in [-0.25, -0.2) is 0 Å². The molecular weight excluding hydrogens is 310 g/mol. The summed E-state index contributed by atoms with van der Waals surface area (Å²) < 4.78 is 11.2. The maximum atomic E-state index is 12.4. The average Bonchev–Trinajstić information content (AvgIpc) is 3.15. The molecule has 2 atom stereocenters. The van der Waals surface area contributed by atoms with Crippen molar-refractivity contribution >= 4 is 11.8 Å². The van der Waals surface area contributed by atoms with Gasteiger partial charge in [0.2, 0.25) is 11.8 Å². The third-order valence-corrected chi connectivity index (χ3v) is 4.76. The molecule has 3 heterocycles. The normalized spacial score (nSPS) is 23.5. The number of nitrogens with one attached hydrogen (secondary N) is 1. The Labute approximate surface area is 141 Å². The highest BCUT2D eigenvalue weighted by molar-refractivity contribution is 5.89. The Morgan fingerprint density at radius 2 is 2.12 bits per heavy atom. The molecule has 2 fully saturated rings. The molecule has 2 amide bonds. The number of morpholine rings is 1. The predicted molar refractivity (Wildman–Crippen MR) is 87.3 cm³/mol. The third kappa shape index (κ3) is 3.79. The summed E-state index contributed by atoms with van der Waals surface area (Å²) in [6.07, 6.45) is 0.296. The average molecular weight is 335 g/mol. The summed E-state index contributed by atoms with van der Waals surface area (Å²) in [7, 11) is 1.73. The molecule has 0 unspecified atom stereocenters. The number of likely N-dealkylation sites (tertiary alicyclic amines) is 1. The van der Waals surface area contributed by atoms with E-state index >= 15 is 0 Å². The number of ether oxygens (including phenoxy) is 1. The van der Waals surface area contributed by atoms with Gasteiger partial charge >= 0.3 is 0 Å². The van der Waals surface area contributed by atoms with Crippen molar-refractivity contribution in [3.8, 4) is 0 Å². The monoisotopic (exact) mass is 335 g/mol. The lowest BCUT2D eigenvalue weighted by Gasteiger charge is -2.33. The summed E-state index contributed by atoms with van der Waals surface area (Å²) in [5, 5.41) is 3.01. The number of rotatable bonds is 5. The number of carbonyl (C=O) groups is 2. The Balaban J connectivity index is 1.63. The number of amides is 2. The van der Waals surface area contributed by atoms with Crippen LogP contribution in [0.3, 0.4) is 0 Å². The molecule has 0 bridgehead atoms. The highest BCUT2D eigenvalue weighted by Crippen LogP contribution is 2.24. The molecule has 3 rings (SSSR count). The summed E-state index contributed by atoms with van der Waals surface area (Å²) in [6, 6.07) is 3.89. The molecule has 7 nitrogen and oxygen atoms in total. The van der Waals surface area contributed by atoms with Gasteiger partial charge in [0.05, 0.1) is 25.2 Å². The molecule has 1 aromatic heterocycles. The Kier molecular flexibility index (Phi) is 5.20. The van der Waals surface area contributed by atoms with E-state index < -0.39 is 0 Å². The van der Waals surface area contributed by atoms with Crippen LogP contribution >= 0.6 is 0 Å². The van der Waals surface area contributed by atoms with Gasteiger partial charge < -0.3 is 19.4 Å². The number of carbonyl (C=O) groups excluding carboxylic acids is 2. The Morgan fingerprint density at radius 3 is 2.71 bits per heavy atom. The SMILES string of the molecule is Cc1ccc([C@@H](CNC(=O)[C@@H]2CC(=O)N(C)C2)N2CCOCC2)o1. The minimum Gasteiger partial charge on any atom is -0.465 e. The molecule has 7 heteroatoms. The summed E-state index contributed by atoms with van der Waals surface area (Å²) in [5.74, 6) is 1.42. The minimum atomic E-state index is -0.258. The molecule has 24 heavy (non-hydrogen) atoms. The number of furan rings is 1. The number of nitrogens with zero attached hydrogens (tertiary/aromatic N) is 2. The standard InChI is InChI=1S/C17H25N3O4/c1-12-3-4-15(24-12)14(20-5-7-23-8-6-20)10-18-17(22)13-9-16(21)19(2)11-13/h3-4,13-14H,5-11H2,1-2H3,(H,18,22)/t13-,14-/m1/s1. The summed E-state index contributed by atoms with van der Waals surface area (Å²) in [6.45, 7) is 5.87. The lowest BCUT2D eigenvalue weighted by atomic mass is 10.1. The number of hydrogen-bond acceptors (Lipinski definition) is 5. The fourth-order valence-corrected chi connectivity index (χ4v) is 3.31. The zero-order valence-corrected chi connectivity index (χ0v) is 14.3. The van der Waals surface area contributed by atoms with Crippen LogP contribution in [0.2, 0.25) is 0 Å². The van der Waals surface area contributed by atoms with E-state index in [1.54, 1.807) is 11.9 Å². The van der Waals surface area contributed by atoms with Crippen LogP contribution < -0.4 is 5.32 Å². The van der Waals surface area contributed by atoms with Crippen LogP contribution in [0.4, 0.5) is 0 Å². The van der Waals surface area contributed by atoms with E-state index in [4.69, 9.17) is 9.15 Å². The fourth-order valence-electron chi connectivity index (χ4n) is 3.31. The first-order chi connectivity index (χ1) is 11.5. The van der Waals surface area contributed by atoms with E-state index in [1.807, 2.05) is 19.1 Å². The quantitative estimate of drug-likeness (QED) is 0.851. The maximum absolute atomic E-state index is 12.4. The second-order valence-corrected chi connectivity index (χ2v) is 6.53. The smallest absolute Gasteiger partial charge is 0.225 e. The van der Waals surface area contributed by atoms with Gasteiger partial charge in [0.1, 0.15) is 11.5 Å². The van der Waals surface area contributed by atoms with Crippen LogP contribution in [0, 0.1) is 12.8 Å². The van der Waals surface area contributed by atoms with Gasteiger partial charge in [-0.1, -0.05) is 0 Å². The van der Waals surface area contributed by atoms with Gasteiger partial charge in [0.25, 0.3) is 0 Å². The van der Waals surface area contributed by atoms with Gasteiger partial charge in [-0.05, 0) is 19.1 Å². The molecule has 0 radical (unpaired) electrons. The lowest BCUT2D eigenvalue weighted by molar-refractivity contribution is -0.128. The van der Waals surface area contributed by atoms with Gasteiger partial charge in [-0.2, -0.15) is 0 Å². The van der Waals surface area contributed by atoms with Crippen LogP contribution in [0.25, 0.3) is 0 Å². The zero-order chi connectivity index (χ0) is 17.1. The lowest BCUT2D eigenvalue weighted by Crippen LogP contribution is -2.44. The van der Waals surface area contributed by atoms with Crippen molar-refractivity contribution in [3.63, 3.8) is 0 Å². The third-order valence-electron chi connectivity index (χ3n) is 4.76. The van der Waals surface area contributed by atoms with Crippen LogP contribution in [0.15, 0.2) is 16.5 Å². The van der Waals surface area contributed by atoms with E-state index in [9.17, 15) is 9.59 Å². The fraction of sp³-hybridized carbons (Fsp3) is 0.647. The Hall–Kier alpha value is -1.86. The van der Waals surface area contributed by atoms with Crippen LogP contribution in [0.1, 0.15) is 24.0 Å². The Bertz CT molecular complexity index is 594. The summed E-state index contributed by atoms with van der Waals surface area (Å²) >= 11 is 0. The first-order valence-electron chi connectivity index (χ1n) is 8.44. The van der Waals surface area contributed by atoms with Crippen molar-refractivity contribution in [1.29, 1.82) is 0 Å². The first kappa shape index (κ1) is 17.0. The van der Waals surface area contributed by atoms with E-state index in [2.05, 4.69) is 10.2 Å². The maximum Gasteiger partial charge on any atom is 0.225 e. The molecule has 2 aliphatic rings. The molecule has 0 aromatic carbocycles. The van der Waals surface area contributed by atoms with E-state index in [0.717, 1.165) is 24.6 Å². The molecule has 0 spiro atoms. The second kappa shape index (κ2) is 7.36. The topological polar surface area (TPSA) is 75.0 Å². The van der Waals surface area contributed by atoms with Crippen molar-refractivity contribution in [2.24, 2.45) is 5.92 Å². The molecule has 1 N–H and O–H groups in total. The van der Waals surface area contributed by atoms with Crippen LogP contribution in [-0.2, 0) is 14.3 Å². The van der Waals surface area contributed by atoms with Crippen molar-refractivity contribution in [1.82, 2.24) is 15.1 Å². The van der Waals surface area contributed by atoms with Crippen LogP contribution in [-0.4, -0.2) is 68.1 Å². The van der Waals surface area contributed by atoms with E-state index in [-0.39, 0.29) is 23.8 Å². The van der Waals surface area contributed by atoms with Gasteiger partial charge in [-0.3, -0.25) is 14.5 Å². The zero-order valence-electron chi connectivity index (χ0n) is 14.3. The van der Waals surface area contributed by atoms with E-state index in [0.29, 0.717) is 32.7 Å². The second-order valence-electron chi connectivity index (χ2n) is 6.53. The first-order valence-corrected chi connectivity index (χ1v) is 8.44. The molecular formula is C17H25N3O4. The number of aryl methyl sites for hydroxylation is 1. The Morgan fingerprint density at radius 1 is 1.38 bits per heavy atom. The largest absolute Gasteiger partial charge is 0.465 e. The molecule has 1 aromatic rings. The molecule has 132 valence electrons. The van der Waals surface area contributed by atoms with Crippen molar-refractivity contribution in [2.45, 2.75) is 19.4 Å². The summed E-state index contributed by atoms with van der Waals surface area (Å²) in [4.78, 5) is 27.9. The van der Waals surface area contributed by atoms with Gasteiger partial charge in [0.15, 0.2) is 0 Å². The summed E-state index contributed by atoms with van der Waals surface area (Å²) in [5.41, 5.74) is 0. The molecule has 0 aliphatic carbocycles. The highest BCUT2D eigenvalue weighted by atomic mass is 16.5. The van der Waals surface area contributed by atoms with Crippen molar-refractivity contribution in [3.05, 3.63) is 23.7 Å². The highest BCUT2D eigenvalue weighted by Gasteiger charge is 2.33. The number of hydrogen-bond donors (Lipinski definition) is 1. The molecule has 2 saturated heterocycles. The molecule has 2 aliphatic heterocycles. The van der Waals surface area contributed by atoms with Gasteiger partial charge in [0, 0.05) is 39.6 Å². The predicted octanol–water partition coefficient (Wildman–Crippen LogP) is 0.556.